The van der Waals surface area contributed by atoms with E-state index in [1.54, 1.807) is 21.3 Å². The fourth-order valence-corrected chi connectivity index (χ4v) is 7.36. The van der Waals surface area contributed by atoms with Crippen LogP contribution < -0.4 is 21.2 Å². The number of nitrogens with zero attached hydrogens (tertiary/aromatic N) is 6. The SMILES string of the molecule is O.O=c1[nH]c2ccccc2n1CCN1CCN(c2cccc(C(F)(F)F)c2)CC1.O=c1[nH]c2ccccc2n1CCN1CCN(c2cccc(C(F)(F)F)c2)CC1. The predicted octanol–water partition coefficient (Wildman–Crippen LogP) is 5.52. The van der Waals surface area contributed by atoms with Crippen molar-refractivity contribution in [2.75, 3.05) is 75.2 Å². The number of hydrogen-bond acceptors (Lipinski definition) is 6. The molecule has 0 bridgehead atoms. The number of anilines is 2. The molecular formula is C40H44F6N8O3. The maximum Gasteiger partial charge on any atom is 0.416 e. The van der Waals surface area contributed by atoms with Gasteiger partial charge in [0.05, 0.1) is 33.2 Å². The average molecular weight is 799 g/mol. The summed E-state index contributed by atoms with van der Waals surface area (Å²) in [6.45, 7) is 8.19. The summed E-state index contributed by atoms with van der Waals surface area (Å²) >= 11 is 0. The molecule has 4 heterocycles. The Hall–Kier alpha value is -5.52. The van der Waals surface area contributed by atoms with Crippen molar-refractivity contribution >= 4 is 33.4 Å². The number of nitrogens with one attached hydrogen (secondary N) is 2. The maximum absolute atomic E-state index is 12.9. The van der Waals surface area contributed by atoms with E-state index in [-0.39, 0.29) is 16.9 Å². The summed E-state index contributed by atoms with van der Waals surface area (Å²) in [5, 5.41) is 0. The molecule has 2 aromatic heterocycles. The molecule has 2 aliphatic heterocycles. The highest BCUT2D eigenvalue weighted by molar-refractivity contribution is 5.75. The van der Waals surface area contributed by atoms with Crippen LogP contribution in [0.5, 0.6) is 0 Å². The Balaban J connectivity index is 0.000000189. The van der Waals surface area contributed by atoms with Gasteiger partial charge in [-0.1, -0.05) is 36.4 Å². The van der Waals surface area contributed by atoms with Gasteiger partial charge in [0, 0.05) is 89.9 Å². The number of para-hydroxylation sites is 4. The minimum absolute atomic E-state index is 0. The first-order valence-corrected chi connectivity index (χ1v) is 18.5. The third-order valence-electron chi connectivity index (χ3n) is 10.5. The molecular weight excluding hydrogens is 754 g/mol. The van der Waals surface area contributed by atoms with E-state index in [2.05, 4.69) is 19.8 Å². The Morgan fingerprint density at radius 1 is 0.474 bits per heavy atom. The third-order valence-corrected chi connectivity index (χ3v) is 10.5. The summed E-state index contributed by atoms with van der Waals surface area (Å²) in [5.41, 5.74) is 3.13. The van der Waals surface area contributed by atoms with E-state index in [1.807, 2.05) is 58.3 Å². The lowest BCUT2D eigenvalue weighted by molar-refractivity contribution is -0.138. The second-order valence-electron chi connectivity index (χ2n) is 14.0. The van der Waals surface area contributed by atoms with Crippen LogP contribution in [-0.4, -0.2) is 99.8 Å². The molecule has 0 amide bonds. The molecule has 0 aliphatic carbocycles. The van der Waals surface area contributed by atoms with Crippen LogP contribution in [0.25, 0.3) is 22.1 Å². The van der Waals surface area contributed by atoms with Gasteiger partial charge >= 0.3 is 23.7 Å². The zero-order valence-electron chi connectivity index (χ0n) is 31.0. The first-order valence-electron chi connectivity index (χ1n) is 18.5. The molecule has 0 spiro atoms. The molecule has 0 unspecified atom stereocenters. The van der Waals surface area contributed by atoms with Crippen molar-refractivity contribution in [1.82, 2.24) is 28.9 Å². The maximum atomic E-state index is 12.9. The number of alkyl halides is 6. The van der Waals surface area contributed by atoms with Crippen molar-refractivity contribution in [3.63, 3.8) is 0 Å². The van der Waals surface area contributed by atoms with E-state index >= 15 is 0 Å². The standard InChI is InChI=1S/2C20H21F3N4O.H2O/c2*21-20(22,23)15-4-3-5-16(14-15)26-11-8-25(9-12-26)10-13-27-18-7-2-1-6-17(18)24-19(27)28;/h2*1-7,14H,8-13H2,(H,24,28);1H2. The molecule has 4 aromatic carbocycles. The Morgan fingerprint density at radius 2 is 0.842 bits per heavy atom. The second-order valence-corrected chi connectivity index (χ2v) is 14.0. The topological polar surface area (TPSA) is 120 Å². The summed E-state index contributed by atoms with van der Waals surface area (Å²) < 4.78 is 81.0. The van der Waals surface area contributed by atoms with Crippen LogP contribution in [0.1, 0.15) is 11.1 Å². The zero-order chi connectivity index (χ0) is 39.5. The van der Waals surface area contributed by atoms with Crippen molar-refractivity contribution in [2.24, 2.45) is 0 Å². The molecule has 57 heavy (non-hydrogen) atoms. The number of fused-ring (bicyclic) bond motifs is 2. The van der Waals surface area contributed by atoms with E-state index in [9.17, 15) is 35.9 Å². The lowest BCUT2D eigenvalue weighted by Gasteiger charge is -2.36. The average Bonchev–Trinajstić information content (AvgIpc) is 3.70. The van der Waals surface area contributed by atoms with Crippen LogP contribution in [0, 0.1) is 0 Å². The number of piperazine rings is 2. The molecule has 0 atom stereocenters. The minimum atomic E-state index is -4.33. The first kappa shape index (κ1) is 41.1. The van der Waals surface area contributed by atoms with E-state index < -0.39 is 23.5 Å². The molecule has 2 aliphatic rings. The number of H-pyrrole nitrogens is 2. The monoisotopic (exact) mass is 798 g/mol. The first-order chi connectivity index (χ1) is 26.8. The Morgan fingerprint density at radius 3 is 1.21 bits per heavy atom. The van der Waals surface area contributed by atoms with E-state index in [0.29, 0.717) is 50.6 Å². The molecule has 6 aromatic rings. The van der Waals surface area contributed by atoms with Crippen LogP contribution in [0.3, 0.4) is 0 Å². The van der Waals surface area contributed by atoms with E-state index in [0.717, 1.165) is 73.5 Å². The molecule has 11 nitrogen and oxygen atoms in total. The normalized spacial score (nSPS) is 15.8. The second kappa shape index (κ2) is 17.3. The number of hydrogen-bond donors (Lipinski definition) is 2. The summed E-state index contributed by atoms with van der Waals surface area (Å²) in [4.78, 5) is 38.4. The number of rotatable bonds is 8. The summed E-state index contributed by atoms with van der Waals surface area (Å²) in [5.74, 6) is 0. The van der Waals surface area contributed by atoms with Crippen molar-refractivity contribution in [3.8, 4) is 0 Å². The summed E-state index contributed by atoms with van der Waals surface area (Å²) in [7, 11) is 0. The van der Waals surface area contributed by atoms with Crippen LogP contribution in [0.2, 0.25) is 0 Å². The largest absolute Gasteiger partial charge is 0.416 e. The molecule has 4 N–H and O–H groups in total. The lowest BCUT2D eigenvalue weighted by atomic mass is 10.1. The van der Waals surface area contributed by atoms with Gasteiger partial charge in [0.25, 0.3) is 0 Å². The predicted molar refractivity (Wildman–Crippen MR) is 209 cm³/mol. The number of aromatic amines is 2. The van der Waals surface area contributed by atoms with Crippen LogP contribution in [-0.2, 0) is 25.4 Å². The Kier molecular flexibility index (Phi) is 12.5. The van der Waals surface area contributed by atoms with E-state index in [1.165, 1.54) is 24.3 Å². The van der Waals surface area contributed by atoms with Crippen LogP contribution >= 0.6 is 0 Å². The molecule has 304 valence electrons. The van der Waals surface area contributed by atoms with Gasteiger partial charge < -0.3 is 25.2 Å². The third kappa shape index (κ3) is 9.72. The minimum Gasteiger partial charge on any atom is -0.412 e. The zero-order valence-corrected chi connectivity index (χ0v) is 31.0. The highest BCUT2D eigenvalue weighted by Gasteiger charge is 2.32. The van der Waals surface area contributed by atoms with Crippen molar-refractivity contribution in [2.45, 2.75) is 25.4 Å². The number of benzene rings is 4. The quantitative estimate of drug-likeness (QED) is 0.196. The summed E-state index contributed by atoms with van der Waals surface area (Å²) in [6.07, 6.45) is -8.66. The lowest BCUT2D eigenvalue weighted by Crippen LogP contribution is -2.47. The van der Waals surface area contributed by atoms with Gasteiger partial charge in [-0.25, -0.2) is 9.59 Å². The number of aromatic nitrogens is 4. The van der Waals surface area contributed by atoms with Gasteiger partial charge in [-0.3, -0.25) is 18.9 Å². The number of halogens is 6. The van der Waals surface area contributed by atoms with Gasteiger partial charge in [-0.15, -0.1) is 0 Å². The van der Waals surface area contributed by atoms with Crippen molar-refractivity contribution in [1.29, 1.82) is 0 Å². The molecule has 8 rings (SSSR count). The van der Waals surface area contributed by atoms with Gasteiger partial charge in [0.2, 0.25) is 0 Å². The molecule has 17 heteroatoms. The smallest absolute Gasteiger partial charge is 0.412 e. The molecule has 0 radical (unpaired) electrons. The van der Waals surface area contributed by atoms with Crippen LogP contribution in [0.4, 0.5) is 37.7 Å². The van der Waals surface area contributed by atoms with Gasteiger partial charge in [0.15, 0.2) is 0 Å². The fraction of sp³-hybridized carbons (Fsp3) is 0.350. The van der Waals surface area contributed by atoms with Crippen LogP contribution in [0.15, 0.2) is 107 Å². The Labute approximate surface area is 323 Å². The Bertz CT molecular complexity index is 2200. The molecule has 2 saturated heterocycles. The molecule has 2 fully saturated rings. The summed E-state index contributed by atoms with van der Waals surface area (Å²) in [6, 6.07) is 26.1. The van der Waals surface area contributed by atoms with Gasteiger partial charge in [-0.2, -0.15) is 26.3 Å². The highest BCUT2D eigenvalue weighted by Crippen LogP contribution is 2.33. The van der Waals surface area contributed by atoms with Gasteiger partial charge in [-0.05, 0) is 60.7 Å². The fourth-order valence-electron chi connectivity index (χ4n) is 7.36. The van der Waals surface area contributed by atoms with E-state index in [4.69, 9.17) is 0 Å². The van der Waals surface area contributed by atoms with Crippen molar-refractivity contribution < 1.29 is 31.8 Å². The number of imidazole rings is 2. The van der Waals surface area contributed by atoms with Gasteiger partial charge in [0.1, 0.15) is 0 Å². The van der Waals surface area contributed by atoms with Crippen molar-refractivity contribution in [3.05, 3.63) is 129 Å². The molecule has 0 saturated carbocycles. The highest BCUT2D eigenvalue weighted by atomic mass is 19.4.